The Hall–Kier alpha value is -1.09. The molecule has 1 rings (SSSR count). The average Bonchev–Trinajstić information content (AvgIpc) is 2.46. The van der Waals surface area contributed by atoms with E-state index in [0.717, 1.165) is 31.7 Å². The minimum absolute atomic E-state index is 0.122. The normalized spacial score (nSPS) is 12.0. The highest BCUT2D eigenvalue weighted by Gasteiger charge is 2.23. The zero-order chi connectivity index (χ0) is 16.0. The molecule has 0 saturated heterocycles. The molecule has 21 heavy (non-hydrogen) atoms. The quantitative estimate of drug-likeness (QED) is 0.723. The minimum Gasteiger partial charge on any atom is -0.355 e. The highest BCUT2D eigenvalue weighted by molar-refractivity contribution is 5.45. The lowest BCUT2D eigenvalue weighted by Crippen LogP contribution is -2.41. The van der Waals surface area contributed by atoms with Gasteiger partial charge in [-0.15, -0.1) is 0 Å². The summed E-state index contributed by atoms with van der Waals surface area (Å²) < 4.78 is 0. The van der Waals surface area contributed by atoms with Gasteiger partial charge in [0.25, 0.3) is 0 Å². The Balaban J connectivity index is 3.07. The first kappa shape index (κ1) is 18.0. The van der Waals surface area contributed by atoms with Gasteiger partial charge in [0, 0.05) is 24.8 Å². The van der Waals surface area contributed by atoms with Crippen LogP contribution in [0.2, 0.25) is 0 Å². The molecule has 0 aliphatic rings. The number of pyridine rings is 1. The van der Waals surface area contributed by atoms with E-state index in [-0.39, 0.29) is 5.54 Å². The van der Waals surface area contributed by atoms with Crippen molar-refractivity contribution >= 4 is 5.82 Å². The molecule has 0 bridgehead atoms. The summed E-state index contributed by atoms with van der Waals surface area (Å²) in [6.07, 6.45) is 2.26. The van der Waals surface area contributed by atoms with Gasteiger partial charge in [0.1, 0.15) is 5.82 Å². The lowest BCUT2D eigenvalue weighted by atomic mass is 9.99. The van der Waals surface area contributed by atoms with Crippen LogP contribution in [0, 0.1) is 0 Å². The van der Waals surface area contributed by atoms with E-state index in [4.69, 9.17) is 4.98 Å². The van der Waals surface area contributed by atoms with Crippen molar-refractivity contribution in [2.45, 2.75) is 72.4 Å². The second kappa shape index (κ2) is 7.79. The van der Waals surface area contributed by atoms with E-state index in [1.165, 1.54) is 11.3 Å². The highest BCUT2D eigenvalue weighted by atomic mass is 15.2. The molecule has 1 aromatic heterocycles. The van der Waals surface area contributed by atoms with Crippen LogP contribution < -0.4 is 10.2 Å². The number of nitrogens with one attached hydrogen (secondary N) is 1. The fourth-order valence-electron chi connectivity index (χ4n) is 2.12. The Morgan fingerprint density at radius 1 is 1.24 bits per heavy atom. The minimum atomic E-state index is 0.122. The van der Waals surface area contributed by atoms with Gasteiger partial charge < -0.3 is 10.2 Å². The summed E-state index contributed by atoms with van der Waals surface area (Å²) in [5, 5.41) is 3.49. The molecule has 3 nitrogen and oxygen atoms in total. The fraction of sp³-hybridized carbons (Fsp3) is 0.722. The summed E-state index contributed by atoms with van der Waals surface area (Å²) in [5.41, 5.74) is 2.63. The highest BCUT2D eigenvalue weighted by Crippen LogP contribution is 2.26. The van der Waals surface area contributed by atoms with Crippen molar-refractivity contribution in [3.8, 4) is 0 Å². The summed E-state index contributed by atoms with van der Waals surface area (Å²) >= 11 is 0. The lowest BCUT2D eigenvalue weighted by Gasteiger charge is -2.36. The van der Waals surface area contributed by atoms with E-state index in [1.807, 2.05) is 0 Å². The number of aromatic nitrogens is 1. The number of nitrogens with zero attached hydrogens (tertiary/aromatic N) is 2. The first-order valence-corrected chi connectivity index (χ1v) is 8.27. The standard InChI is InChI=1S/C18H33N3/c1-8-10-19-13-15-11-16(14(3)4)20-17(12-15)21(7)18(5,6)9-2/h11-12,14,19H,8-10,13H2,1-7H3. The molecule has 0 aromatic carbocycles. The molecule has 0 amide bonds. The maximum atomic E-state index is 4.87. The van der Waals surface area contributed by atoms with Crippen LogP contribution in [0.4, 0.5) is 5.82 Å². The number of hydrogen-bond acceptors (Lipinski definition) is 3. The Bertz CT molecular complexity index is 438. The second-order valence-electron chi connectivity index (χ2n) is 6.81. The molecule has 1 heterocycles. The van der Waals surface area contributed by atoms with E-state index < -0.39 is 0 Å². The molecular formula is C18H33N3. The maximum Gasteiger partial charge on any atom is 0.129 e. The third kappa shape index (κ3) is 4.99. The van der Waals surface area contributed by atoms with Gasteiger partial charge in [0.15, 0.2) is 0 Å². The summed E-state index contributed by atoms with van der Waals surface area (Å²) in [6, 6.07) is 4.47. The first-order chi connectivity index (χ1) is 9.81. The topological polar surface area (TPSA) is 28.2 Å². The molecule has 0 spiro atoms. The van der Waals surface area contributed by atoms with Crippen LogP contribution in [0.25, 0.3) is 0 Å². The fourth-order valence-corrected chi connectivity index (χ4v) is 2.12. The van der Waals surface area contributed by atoms with Crippen LogP contribution in [-0.4, -0.2) is 24.1 Å². The summed E-state index contributed by atoms with van der Waals surface area (Å²) in [5.74, 6) is 1.54. The monoisotopic (exact) mass is 291 g/mol. The largest absolute Gasteiger partial charge is 0.355 e. The van der Waals surface area contributed by atoms with Crippen molar-refractivity contribution in [3.05, 3.63) is 23.4 Å². The van der Waals surface area contributed by atoms with Gasteiger partial charge in [0.2, 0.25) is 0 Å². The summed E-state index contributed by atoms with van der Waals surface area (Å²) in [7, 11) is 2.15. The van der Waals surface area contributed by atoms with Crippen molar-refractivity contribution in [3.63, 3.8) is 0 Å². The molecule has 0 fully saturated rings. The molecule has 1 aromatic rings. The van der Waals surface area contributed by atoms with Crippen LogP contribution in [0.5, 0.6) is 0 Å². The van der Waals surface area contributed by atoms with E-state index in [9.17, 15) is 0 Å². The second-order valence-corrected chi connectivity index (χ2v) is 6.81. The third-order valence-electron chi connectivity index (χ3n) is 4.36. The zero-order valence-electron chi connectivity index (χ0n) is 15.0. The molecule has 0 saturated carbocycles. The molecular weight excluding hydrogens is 258 g/mol. The van der Waals surface area contributed by atoms with Crippen LogP contribution in [0.1, 0.15) is 71.6 Å². The molecule has 0 aliphatic heterocycles. The van der Waals surface area contributed by atoms with Gasteiger partial charge >= 0.3 is 0 Å². The van der Waals surface area contributed by atoms with Gasteiger partial charge in [0.05, 0.1) is 0 Å². The predicted octanol–water partition coefficient (Wildman–Crippen LogP) is 4.33. The number of rotatable bonds is 8. The Labute approximate surface area is 131 Å². The lowest BCUT2D eigenvalue weighted by molar-refractivity contribution is 0.466. The molecule has 120 valence electrons. The molecule has 0 atom stereocenters. The van der Waals surface area contributed by atoms with Crippen LogP contribution in [-0.2, 0) is 6.54 Å². The smallest absolute Gasteiger partial charge is 0.129 e. The summed E-state index contributed by atoms with van der Waals surface area (Å²) in [6.45, 7) is 15.4. The zero-order valence-corrected chi connectivity index (χ0v) is 15.0. The molecule has 1 N–H and O–H groups in total. The van der Waals surface area contributed by atoms with E-state index in [1.54, 1.807) is 0 Å². The van der Waals surface area contributed by atoms with Crippen LogP contribution in [0.15, 0.2) is 12.1 Å². The predicted molar refractivity (Wildman–Crippen MR) is 93.1 cm³/mol. The first-order valence-electron chi connectivity index (χ1n) is 8.27. The van der Waals surface area contributed by atoms with Gasteiger partial charge in [-0.2, -0.15) is 0 Å². The van der Waals surface area contributed by atoms with Gasteiger partial charge in [-0.25, -0.2) is 4.98 Å². The molecule has 0 radical (unpaired) electrons. The number of anilines is 1. The molecule has 3 heteroatoms. The van der Waals surface area contributed by atoms with E-state index in [0.29, 0.717) is 5.92 Å². The number of hydrogen-bond donors (Lipinski definition) is 1. The Morgan fingerprint density at radius 2 is 1.90 bits per heavy atom. The van der Waals surface area contributed by atoms with Crippen LogP contribution in [0.3, 0.4) is 0 Å². The van der Waals surface area contributed by atoms with Gasteiger partial charge in [-0.3, -0.25) is 0 Å². The summed E-state index contributed by atoms with van der Waals surface area (Å²) in [4.78, 5) is 7.18. The Kier molecular flexibility index (Phi) is 6.66. The van der Waals surface area contributed by atoms with Crippen molar-refractivity contribution in [2.24, 2.45) is 0 Å². The van der Waals surface area contributed by atoms with Crippen LogP contribution >= 0.6 is 0 Å². The van der Waals surface area contributed by atoms with Crippen molar-refractivity contribution in [1.29, 1.82) is 0 Å². The molecule has 0 unspecified atom stereocenters. The third-order valence-corrected chi connectivity index (χ3v) is 4.36. The average molecular weight is 291 g/mol. The van der Waals surface area contributed by atoms with Crippen molar-refractivity contribution in [1.82, 2.24) is 10.3 Å². The SMILES string of the molecule is CCCNCc1cc(C(C)C)nc(N(C)C(C)(C)CC)c1. The van der Waals surface area contributed by atoms with E-state index >= 15 is 0 Å². The van der Waals surface area contributed by atoms with Gasteiger partial charge in [-0.1, -0.05) is 27.7 Å². The van der Waals surface area contributed by atoms with E-state index in [2.05, 4.69) is 70.9 Å². The maximum absolute atomic E-state index is 4.87. The van der Waals surface area contributed by atoms with Crippen molar-refractivity contribution in [2.75, 3.05) is 18.5 Å². The van der Waals surface area contributed by atoms with Crippen molar-refractivity contribution < 1.29 is 0 Å². The van der Waals surface area contributed by atoms with Gasteiger partial charge in [-0.05, 0) is 56.8 Å². The Morgan fingerprint density at radius 3 is 2.43 bits per heavy atom. The molecule has 0 aliphatic carbocycles.